The average molecular weight is 136 g/mol. The summed E-state index contributed by atoms with van der Waals surface area (Å²) in [5, 5.41) is 0. The second-order valence-electron chi connectivity index (χ2n) is 2.05. The molecule has 3 heteroatoms. The van der Waals surface area contributed by atoms with Crippen LogP contribution in [0.5, 0.6) is 0 Å². The summed E-state index contributed by atoms with van der Waals surface area (Å²) < 4.78 is 6.98. The highest BCUT2D eigenvalue weighted by atomic mass is 35.5. The molecule has 0 aromatic carbocycles. The zero-order valence-electron chi connectivity index (χ0n) is 4.93. The number of halogens is 1. The number of nitrogens with zero attached hydrogens (tertiary/aromatic N) is 1. The Kier molecular flexibility index (Phi) is 2.11. The summed E-state index contributed by atoms with van der Waals surface area (Å²) in [4.78, 5) is 0. The Morgan fingerprint density at radius 2 is 2.50 bits per heavy atom. The van der Waals surface area contributed by atoms with E-state index in [0.717, 1.165) is 19.7 Å². The molecule has 0 radical (unpaired) electrons. The summed E-state index contributed by atoms with van der Waals surface area (Å²) in [7, 11) is 0. The van der Waals surface area contributed by atoms with Crippen LogP contribution < -0.4 is 0 Å². The van der Waals surface area contributed by atoms with E-state index in [1.165, 1.54) is 0 Å². The number of hydrogen-bond donors (Lipinski definition) is 0. The van der Waals surface area contributed by atoms with E-state index in [0.29, 0.717) is 6.10 Å². The van der Waals surface area contributed by atoms with Gasteiger partial charge in [-0.1, -0.05) is 0 Å². The summed E-state index contributed by atoms with van der Waals surface area (Å²) in [6.45, 7) is 4.49. The van der Waals surface area contributed by atoms with Gasteiger partial charge in [-0.3, -0.25) is 0 Å². The second kappa shape index (κ2) is 2.67. The molecular formula is C5H10ClNO. The largest absolute Gasteiger partial charge is 0.376 e. The molecule has 0 saturated carbocycles. The third-order valence-electron chi connectivity index (χ3n) is 1.19. The monoisotopic (exact) mass is 135 g/mol. The first kappa shape index (κ1) is 6.33. The number of hydrogen-bond acceptors (Lipinski definition) is 2. The lowest BCUT2D eigenvalue weighted by molar-refractivity contribution is 0.0109. The van der Waals surface area contributed by atoms with Crippen molar-refractivity contribution in [2.45, 2.75) is 13.0 Å². The van der Waals surface area contributed by atoms with Crippen molar-refractivity contribution in [1.29, 1.82) is 0 Å². The zero-order chi connectivity index (χ0) is 5.98. The molecule has 1 fully saturated rings. The summed E-state index contributed by atoms with van der Waals surface area (Å²) in [5.74, 6) is 0. The van der Waals surface area contributed by atoms with Gasteiger partial charge in [-0.15, -0.1) is 0 Å². The maximum atomic E-state index is 5.66. The highest BCUT2D eigenvalue weighted by Gasteiger charge is 2.13. The highest BCUT2D eigenvalue weighted by Crippen LogP contribution is 2.05. The molecule has 0 bridgehead atoms. The molecule has 0 unspecified atom stereocenters. The Bertz CT molecular complexity index is 70.8. The Morgan fingerprint density at radius 1 is 1.75 bits per heavy atom. The number of rotatable bonds is 0. The normalized spacial score (nSPS) is 33.0. The minimum Gasteiger partial charge on any atom is -0.376 e. The Labute approximate surface area is 54.5 Å². The SMILES string of the molecule is C[C@@H]1CN(Cl)CCO1. The van der Waals surface area contributed by atoms with Gasteiger partial charge in [0.25, 0.3) is 0 Å². The Hall–Kier alpha value is 0.210. The quantitative estimate of drug-likeness (QED) is 0.457. The third-order valence-corrected chi connectivity index (χ3v) is 1.50. The van der Waals surface area contributed by atoms with Crippen LogP contribution in [-0.4, -0.2) is 30.2 Å². The van der Waals surface area contributed by atoms with Gasteiger partial charge in [0.1, 0.15) is 0 Å². The van der Waals surface area contributed by atoms with Gasteiger partial charge < -0.3 is 4.74 Å². The first-order valence-electron chi connectivity index (χ1n) is 2.81. The topological polar surface area (TPSA) is 12.5 Å². The van der Waals surface area contributed by atoms with Gasteiger partial charge in [-0.05, 0) is 18.7 Å². The van der Waals surface area contributed by atoms with Gasteiger partial charge in [0, 0.05) is 13.1 Å². The molecule has 0 aliphatic carbocycles. The number of ether oxygens (including phenoxy) is 1. The van der Waals surface area contributed by atoms with Crippen molar-refractivity contribution in [2.75, 3.05) is 19.7 Å². The third kappa shape index (κ3) is 1.62. The van der Waals surface area contributed by atoms with E-state index in [-0.39, 0.29) is 0 Å². The Morgan fingerprint density at radius 3 is 2.88 bits per heavy atom. The molecule has 48 valence electrons. The second-order valence-corrected chi connectivity index (χ2v) is 2.53. The summed E-state index contributed by atoms with van der Waals surface area (Å²) in [5.41, 5.74) is 0. The van der Waals surface area contributed by atoms with Crippen molar-refractivity contribution in [3.63, 3.8) is 0 Å². The van der Waals surface area contributed by atoms with Crippen LogP contribution in [0.4, 0.5) is 0 Å². The van der Waals surface area contributed by atoms with Crippen molar-refractivity contribution in [2.24, 2.45) is 0 Å². The van der Waals surface area contributed by atoms with Gasteiger partial charge in [-0.25, -0.2) is 4.42 Å². The molecule has 1 aliphatic heterocycles. The van der Waals surface area contributed by atoms with Crippen LogP contribution in [0.15, 0.2) is 0 Å². The van der Waals surface area contributed by atoms with E-state index >= 15 is 0 Å². The molecule has 0 aromatic rings. The van der Waals surface area contributed by atoms with E-state index < -0.39 is 0 Å². The van der Waals surface area contributed by atoms with E-state index in [1.807, 2.05) is 6.92 Å². The van der Waals surface area contributed by atoms with E-state index in [1.54, 1.807) is 4.42 Å². The lowest BCUT2D eigenvalue weighted by Crippen LogP contribution is -2.35. The molecule has 0 spiro atoms. The molecule has 2 nitrogen and oxygen atoms in total. The van der Waals surface area contributed by atoms with Crippen molar-refractivity contribution in [3.05, 3.63) is 0 Å². The lowest BCUT2D eigenvalue weighted by atomic mass is 10.3. The summed E-state index contributed by atoms with van der Waals surface area (Å²) >= 11 is 5.66. The smallest absolute Gasteiger partial charge is 0.0687 e. The fraction of sp³-hybridized carbons (Fsp3) is 1.00. The molecule has 1 atom stereocenters. The summed E-state index contributed by atoms with van der Waals surface area (Å²) in [6, 6.07) is 0. The van der Waals surface area contributed by atoms with E-state index in [9.17, 15) is 0 Å². The molecule has 1 aliphatic rings. The molecule has 8 heavy (non-hydrogen) atoms. The van der Waals surface area contributed by atoms with Crippen LogP contribution in [0.1, 0.15) is 6.92 Å². The Balaban J connectivity index is 2.23. The highest BCUT2D eigenvalue weighted by molar-refractivity contribution is 6.13. The van der Waals surface area contributed by atoms with Crippen LogP contribution in [0.25, 0.3) is 0 Å². The minimum absolute atomic E-state index is 0.307. The van der Waals surface area contributed by atoms with Gasteiger partial charge in [-0.2, -0.15) is 0 Å². The predicted molar refractivity (Wildman–Crippen MR) is 32.8 cm³/mol. The molecule has 0 amide bonds. The number of morpholine rings is 1. The van der Waals surface area contributed by atoms with Crippen LogP contribution in [-0.2, 0) is 4.74 Å². The standard InChI is InChI=1S/C5H10ClNO/c1-5-4-7(6)2-3-8-5/h5H,2-4H2,1H3/t5-/m1/s1. The van der Waals surface area contributed by atoms with E-state index in [2.05, 4.69) is 0 Å². The van der Waals surface area contributed by atoms with Crippen LogP contribution in [0, 0.1) is 0 Å². The van der Waals surface area contributed by atoms with Gasteiger partial charge in [0.05, 0.1) is 12.7 Å². The van der Waals surface area contributed by atoms with Gasteiger partial charge >= 0.3 is 0 Å². The van der Waals surface area contributed by atoms with Crippen molar-refractivity contribution < 1.29 is 4.74 Å². The maximum absolute atomic E-state index is 5.66. The first-order valence-corrected chi connectivity index (χ1v) is 3.15. The van der Waals surface area contributed by atoms with Crippen molar-refractivity contribution >= 4 is 11.8 Å². The van der Waals surface area contributed by atoms with Crippen LogP contribution in [0.2, 0.25) is 0 Å². The summed E-state index contributed by atoms with van der Waals surface area (Å²) in [6.07, 6.45) is 0.307. The van der Waals surface area contributed by atoms with Crippen molar-refractivity contribution in [1.82, 2.24) is 4.42 Å². The zero-order valence-corrected chi connectivity index (χ0v) is 5.69. The molecule has 1 rings (SSSR count). The van der Waals surface area contributed by atoms with Crippen LogP contribution in [0.3, 0.4) is 0 Å². The van der Waals surface area contributed by atoms with Gasteiger partial charge in [0.15, 0.2) is 0 Å². The molecule has 1 saturated heterocycles. The fourth-order valence-electron chi connectivity index (χ4n) is 0.776. The lowest BCUT2D eigenvalue weighted by Gasteiger charge is -2.24. The average Bonchev–Trinajstić information content (AvgIpc) is 1.64. The minimum atomic E-state index is 0.307. The molecule has 1 heterocycles. The molecule has 0 aromatic heterocycles. The van der Waals surface area contributed by atoms with Crippen LogP contribution >= 0.6 is 11.8 Å². The fourth-order valence-corrected chi connectivity index (χ4v) is 1.04. The van der Waals surface area contributed by atoms with Gasteiger partial charge in [0.2, 0.25) is 0 Å². The van der Waals surface area contributed by atoms with Crippen molar-refractivity contribution in [3.8, 4) is 0 Å². The predicted octanol–water partition coefficient (Wildman–Crippen LogP) is 0.861. The van der Waals surface area contributed by atoms with E-state index in [4.69, 9.17) is 16.5 Å². The molecule has 0 N–H and O–H groups in total. The molecular weight excluding hydrogens is 126 g/mol. The maximum Gasteiger partial charge on any atom is 0.0687 e. The first-order chi connectivity index (χ1) is 3.79.